The largest absolute Gasteiger partial charge is 0.319 e. The maximum atomic E-state index is 12.1. The van der Waals surface area contributed by atoms with E-state index in [1.807, 2.05) is 18.2 Å². The van der Waals surface area contributed by atoms with Crippen LogP contribution in [-0.4, -0.2) is 20.7 Å². The van der Waals surface area contributed by atoms with E-state index in [2.05, 4.69) is 15.4 Å². The fraction of sp³-hybridized carbons (Fsp3) is 0.0714. The smallest absolute Gasteiger partial charge is 0.267 e. The lowest BCUT2D eigenvalue weighted by Gasteiger charge is -2.03. The molecule has 0 aliphatic rings. The number of nitrogens with one attached hydrogen (secondary N) is 1. The lowest BCUT2D eigenvalue weighted by molar-refractivity contribution is 0.103. The van der Waals surface area contributed by atoms with Gasteiger partial charge in [0.15, 0.2) is 0 Å². The van der Waals surface area contributed by atoms with Crippen molar-refractivity contribution in [3.63, 3.8) is 0 Å². The third kappa shape index (κ3) is 2.81. The predicted molar refractivity (Wildman–Crippen MR) is 83.4 cm³/mol. The minimum atomic E-state index is -0.186. The Balaban J connectivity index is 1.82. The quantitative estimate of drug-likeness (QED) is 0.803. The highest BCUT2D eigenvalue weighted by atomic mass is 35.5. The number of hydrogen-bond acceptors (Lipinski definition) is 4. The second-order valence-corrected chi connectivity index (χ2v) is 5.61. The number of aryl methyl sites for hydroxylation is 1. The number of nitrogens with zero attached hydrogens (tertiary/aromatic N) is 3. The van der Waals surface area contributed by atoms with Crippen molar-refractivity contribution in [1.82, 2.24) is 14.8 Å². The minimum Gasteiger partial charge on any atom is -0.319 e. The summed E-state index contributed by atoms with van der Waals surface area (Å²) in [5.74, 6) is -0.186. The van der Waals surface area contributed by atoms with Crippen LogP contribution < -0.4 is 5.32 Å². The van der Waals surface area contributed by atoms with Crippen LogP contribution in [0.2, 0.25) is 5.02 Å². The highest BCUT2D eigenvalue weighted by Gasteiger charge is 2.13. The first-order valence-corrected chi connectivity index (χ1v) is 7.42. The number of halogens is 1. The van der Waals surface area contributed by atoms with E-state index in [9.17, 15) is 4.79 Å². The van der Waals surface area contributed by atoms with Gasteiger partial charge in [-0.15, -0.1) is 11.3 Å². The molecule has 106 valence electrons. The number of rotatable bonds is 3. The van der Waals surface area contributed by atoms with E-state index in [-0.39, 0.29) is 5.91 Å². The average molecular weight is 319 g/mol. The van der Waals surface area contributed by atoms with Gasteiger partial charge in [0.2, 0.25) is 0 Å². The van der Waals surface area contributed by atoms with Gasteiger partial charge in [0, 0.05) is 0 Å². The first kappa shape index (κ1) is 13.8. The van der Waals surface area contributed by atoms with Crippen LogP contribution in [0.5, 0.6) is 0 Å². The highest BCUT2D eigenvalue weighted by molar-refractivity contribution is 7.12. The molecule has 0 aliphatic heterocycles. The SMILES string of the molecule is Cc1ncsc1C(=O)Nc1cnn(-c2ccccc2Cl)c1. The monoisotopic (exact) mass is 318 g/mol. The molecule has 2 heterocycles. The van der Waals surface area contributed by atoms with Crippen LogP contribution in [0, 0.1) is 6.92 Å². The molecule has 1 aromatic carbocycles. The number of hydrogen-bond donors (Lipinski definition) is 1. The Kier molecular flexibility index (Phi) is 3.72. The van der Waals surface area contributed by atoms with Crippen molar-refractivity contribution in [3.8, 4) is 5.69 Å². The van der Waals surface area contributed by atoms with Gasteiger partial charge >= 0.3 is 0 Å². The van der Waals surface area contributed by atoms with Crippen LogP contribution in [0.4, 0.5) is 5.69 Å². The summed E-state index contributed by atoms with van der Waals surface area (Å²) in [6.45, 7) is 1.80. The molecule has 1 N–H and O–H groups in total. The van der Waals surface area contributed by atoms with Gasteiger partial charge in [0.05, 0.1) is 40.0 Å². The molecule has 0 unspecified atom stereocenters. The molecule has 1 amide bonds. The Labute approximate surface area is 130 Å². The Bertz CT molecular complexity index is 796. The first-order chi connectivity index (χ1) is 10.1. The number of anilines is 1. The average Bonchev–Trinajstić information content (AvgIpc) is 3.08. The standard InChI is InChI=1S/C14H11ClN4OS/c1-9-13(21-8-16-9)14(20)18-10-6-17-19(7-10)12-5-3-2-4-11(12)15/h2-8H,1H3,(H,18,20). The third-order valence-corrected chi connectivity index (χ3v) is 4.14. The zero-order chi connectivity index (χ0) is 14.8. The zero-order valence-electron chi connectivity index (χ0n) is 11.1. The molecule has 0 radical (unpaired) electrons. The molecule has 2 aromatic heterocycles. The van der Waals surface area contributed by atoms with Crippen LogP contribution in [0.1, 0.15) is 15.4 Å². The molecule has 0 saturated heterocycles. The lowest BCUT2D eigenvalue weighted by Crippen LogP contribution is -2.11. The topological polar surface area (TPSA) is 59.8 Å². The molecule has 0 fully saturated rings. The van der Waals surface area contributed by atoms with Gasteiger partial charge < -0.3 is 5.32 Å². The number of thiazole rings is 1. The lowest BCUT2D eigenvalue weighted by atomic mass is 10.3. The van der Waals surface area contributed by atoms with E-state index in [1.54, 1.807) is 35.6 Å². The summed E-state index contributed by atoms with van der Waals surface area (Å²) in [4.78, 5) is 16.8. The zero-order valence-corrected chi connectivity index (χ0v) is 12.6. The molecule has 0 bridgehead atoms. The Morgan fingerprint density at radius 3 is 2.90 bits per heavy atom. The van der Waals surface area contributed by atoms with Crippen molar-refractivity contribution in [1.29, 1.82) is 0 Å². The third-order valence-electron chi connectivity index (χ3n) is 2.89. The Morgan fingerprint density at radius 2 is 2.19 bits per heavy atom. The van der Waals surface area contributed by atoms with E-state index < -0.39 is 0 Å². The summed E-state index contributed by atoms with van der Waals surface area (Å²) in [6, 6.07) is 7.37. The molecular formula is C14H11ClN4OS. The van der Waals surface area contributed by atoms with E-state index in [1.165, 1.54) is 11.3 Å². The summed E-state index contributed by atoms with van der Waals surface area (Å²) in [6.07, 6.45) is 3.30. The maximum absolute atomic E-state index is 12.1. The maximum Gasteiger partial charge on any atom is 0.267 e. The summed E-state index contributed by atoms with van der Waals surface area (Å²) in [7, 11) is 0. The Morgan fingerprint density at radius 1 is 1.38 bits per heavy atom. The molecule has 21 heavy (non-hydrogen) atoms. The molecule has 0 spiro atoms. The second-order valence-electron chi connectivity index (χ2n) is 4.35. The van der Waals surface area contributed by atoms with Crippen LogP contribution in [0.15, 0.2) is 42.2 Å². The van der Waals surface area contributed by atoms with Crippen LogP contribution in [-0.2, 0) is 0 Å². The van der Waals surface area contributed by atoms with Gasteiger partial charge in [-0.05, 0) is 19.1 Å². The van der Waals surface area contributed by atoms with E-state index in [4.69, 9.17) is 11.6 Å². The number of aromatic nitrogens is 3. The van der Waals surface area contributed by atoms with Crippen LogP contribution in [0.25, 0.3) is 5.69 Å². The molecular weight excluding hydrogens is 308 g/mol. The van der Waals surface area contributed by atoms with E-state index in [0.717, 1.165) is 11.4 Å². The summed E-state index contributed by atoms with van der Waals surface area (Å²) < 4.78 is 1.62. The van der Waals surface area contributed by atoms with E-state index >= 15 is 0 Å². The molecule has 0 aliphatic carbocycles. The number of amides is 1. The fourth-order valence-corrected chi connectivity index (χ4v) is 2.78. The summed E-state index contributed by atoms with van der Waals surface area (Å²) in [5.41, 5.74) is 3.73. The van der Waals surface area contributed by atoms with E-state index in [0.29, 0.717) is 15.6 Å². The molecule has 0 saturated carbocycles. The second kappa shape index (κ2) is 5.67. The molecule has 7 heteroatoms. The molecule has 0 atom stereocenters. The van der Waals surface area contributed by atoms with Gasteiger partial charge in [-0.1, -0.05) is 23.7 Å². The van der Waals surface area contributed by atoms with Crippen molar-refractivity contribution >= 4 is 34.5 Å². The van der Waals surface area contributed by atoms with Crippen LogP contribution >= 0.6 is 22.9 Å². The fourth-order valence-electron chi connectivity index (χ4n) is 1.86. The van der Waals surface area contributed by atoms with Gasteiger partial charge in [0.1, 0.15) is 4.88 Å². The van der Waals surface area contributed by atoms with Crippen molar-refractivity contribution in [2.45, 2.75) is 6.92 Å². The van der Waals surface area contributed by atoms with Crippen LogP contribution in [0.3, 0.4) is 0 Å². The summed E-state index contributed by atoms with van der Waals surface area (Å²) >= 11 is 7.43. The first-order valence-electron chi connectivity index (χ1n) is 6.16. The van der Waals surface area contributed by atoms with Gasteiger partial charge in [-0.25, -0.2) is 9.67 Å². The number of carbonyl (C=O) groups excluding carboxylic acids is 1. The Hall–Kier alpha value is -2.18. The van der Waals surface area contributed by atoms with Crippen molar-refractivity contribution in [3.05, 3.63) is 57.8 Å². The number of benzene rings is 1. The highest BCUT2D eigenvalue weighted by Crippen LogP contribution is 2.21. The molecule has 3 aromatic rings. The summed E-state index contributed by atoms with van der Waals surface area (Å²) in [5, 5.41) is 7.60. The number of para-hydroxylation sites is 1. The van der Waals surface area contributed by atoms with Crippen molar-refractivity contribution < 1.29 is 4.79 Å². The normalized spacial score (nSPS) is 10.6. The number of carbonyl (C=O) groups is 1. The van der Waals surface area contributed by atoms with Gasteiger partial charge in [-0.2, -0.15) is 5.10 Å². The van der Waals surface area contributed by atoms with Gasteiger partial charge in [-0.3, -0.25) is 4.79 Å². The van der Waals surface area contributed by atoms with Crippen molar-refractivity contribution in [2.24, 2.45) is 0 Å². The minimum absolute atomic E-state index is 0.186. The predicted octanol–water partition coefficient (Wildman–Crippen LogP) is 3.54. The van der Waals surface area contributed by atoms with Gasteiger partial charge in [0.25, 0.3) is 5.91 Å². The van der Waals surface area contributed by atoms with Crippen molar-refractivity contribution in [2.75, 3.05) is 5.32 Å². The molecule has 5 nitrogen and oxygen atoms in total. The molecule has 3 rings (SSSR count).